The molecule has 0 bridgehead atoms. The number of morpholine rings is 1. The van der Waals surface area contributed by atoms with Gasteiger partial charge in [0.1, 0.15) is 0 Å². The first kappa shape index (κ1) is 16.2. The highest BCUT2D eigenvalue weighted by molar-refractivity contribution is 7.15. The summed E-state index contributed by atoms with van der Waals surface area (Å²) in [6.07, 6.45) is 4.90. The monoisotopic (exact) mass is 325 g/mol. The van der Waals surface area contributed by atoms with Crippen molar-refractivity contribution in [3.05, 3.63) is 11.1 Å². The third-order valence-corrected chi connectivity index (χ3v) is 5.55. The zero-order chi connectivity index (χ0) is 15.4. The lowest BCUT2D eigenvalue weighted by molar-refractivity contribution is -0.0958. The summed E-state index contributed by atoms with van der Waals surface area (Å²) in [5, 5.41) is 1.14. The van der Waals surface area contributed by atoms with Gasteiger partial charge in [-0.05, 0) is 26.7 Å². The number of thiazole rings is 1. The predicted molar refractivity (Wildman–Crippen MR) is 89.7 cm³/mol. The summed E-state index contributed by atoms with van der Waals surface area (Å²) in [5.41, 5.74) is 0. The Labute approximate surface area is 137 Å². The van der Waals surface area contributed by atoms with Crippen LogP contribution in [0, 0.1) is 0 Å². The second-order valence-corrected chi connectivity index (χ2v) is 7.07. The minimum atomic E-state index is 0.242. The molecule has 0 N–H and O–H groups in total. The third kappa shape index (κ3) is 3.79. The molecular formula is C16H27N3O2S. The topological polar surface area (TPSA) is 37.8 Å². The second kappa shape index (κ2) is 7.73. The summed E-state index contributed by atoms with van der Waals surface area (Å²) in [5.74, 6) is 0. The summed E-state index contributed by atoms with van der Waals surface area (Å²) in [7, 11) is 0. The minimum absolute atomic E-state index is 0.242. The number of rotatable bonds is 6. The summed E-state index contributed by atoms with van der Waals surface area (Å²) in [4.78, 5) is 10.7. The molecule has 0 aromatic carbocycles. The molecule has 0 amide bonds. The fourth-order valence-electron chi connectivity index (χ4n) is 3.23. The molecule has 2 atom stereocenters. The van der Waals surface area contributed by atoms with Crippen molar-refractivity contribution in [2.45, 2.75) is 45.4 Å². The number of aromatic nitrogens is 1. The van der Waals surface area contributed by atoms with E-state index in [4.69, 9.17) is 9.47 Å². The lowest BCUT2D eigenvalue weighted by atomic mass is 10.1. The molecule has 2 saturated heterocycles. The molecule has 0 saturated carbocycles. The van der Waals surface area contributed by atoms with Crippen LogP contribution >= 0.6 is 11.3 Å². The molecule has 0 aliphatic carbocycles. The molecule has 2 aliphatic rings. The minimum Gasteiger partial charge on any atom is -0.375 e. The van der Waals surface area contributed by atoms with Gasteiger partial charge in [0.05, 0.1) is 18.8 Å². The van der Waals surface area contributed by atoms with Gasteiger partial charge in [-0.15, -0.1) is 11.3 Å². The Morgan fingerprint density at radius 2 is 2.09 bits per heavy atom. The van der Waals surface area contributed by atoms with E-state index in [1.807, 2.05) is 17.5 Å². The van der Waals surface area contributed by atoms with Crippen molar-refractivity contribution in [2.24, 2.45) is 0 Å². The van der Waals surface area contributed by atoms with Crippen LogP contribution in [0.2, 0.25) is 0 Å². The first-order chi connectivity index (χ1) is 10.8. The van der Waals surface area contributed by atoms with Gasteiger partial charge in [0.25, 0.3) is 0 Å². The largest absolute Gasteiger partial charge is 0.375 e. The standard InChI is InChI=1S/C16H27N3O2S/c1-3-19(4-2)16-17-10-13(22-16)11-18-7-9-21-15(12-18)14-6-5-8-20-14/h10,14-15H,3-9,11-12H2,1-2H3/t14-,15-/m0/s1. The Morgan fingerprint density at radius 3 is 2.82 bits per heavy atom. The summed E-state index contributed by atoms with van der Waals surface area (Å²) in [6, 6.07) is 0. The second-order valence-electron chi connectivity index (χ2n) is 5.98. The van der Waals surface area contributed by atoms with E-state index < -0.39 is 0 Å². The van der Waals surface area contributed by atoms with E-state index in [0.29, 0.717) is 6.10 Å². The third-order valence-electron chi connectivity index (χ3n) is 4.51. The molecule has 0 unspecified atom stereocenters. The average Bonchev–Trinajstić information content (AvgIpc) is 3.21. The molecule has 3 rings (SSSR count). The van der Waals surface area contributed by atoms with Crippen molar-refractivity contribution in [1.82, 2.24) is 9.88 Å². The number of hydrogen-bond acceptors (Lipinski definition) is 6. The van der Waals surface area contributed by atoms with Gasteiger partial charge >= 0.3 is 0 Å². The van der Waals surface area contributed by atoms with E-state index in [1.165, 1.54) is 11.3 Å². The summed E-state index contributed by atoms with van der Waals surface area (Å²) >= 11 is 1.82. The van der Waals surface area contributed by atoms with Gasteiger partial charge in [0.2, 0.25) is 0 Å². The first-order valence-corrected chi connectivity index (χ1v) is 9.27. The molecule has 124 valence electrons. The molecule has 2 fully saturated rings. The van der Waals surface area contributed by atoms with Crippen molar-refractivity contribution < 1.29 is 9.47 Å². The predicted octanol–water partition coefficient (Wildman–Crippen LogP) is 2.37. The van der Waals surface area contributed by atoms with Crippen molar-refractivity contribution in [3.8, 4) is 0 Å². The molecular weight excluding hydrogens is 298 g/mol. The Balaban J connectivity index is 1.56. The molecule has 1 aromatic rings. The van der Waals surface area contributed by atoms with E-state index in [-0.39, 0.29) is 6.10 Å². The number of nitrogens with zero attached hydrogens (tertiary/aromatic N) is 3. The van der Waals surface area contributed by atoms with Crippen LogP contribution < -0.4 is 4.90 Å². The Kier molecular flexibility index (Phi) is 5.68. The van der Waals surface area contributed by atoms with Crippen molar-refractivity contribution in [3.63, 3.8) is 0 Å². The van der Waals surface area contributed by atoms with Crippen LogP contribution in [-0.2, 0) is 16.0 Å². The van der Waals surface area contributed by atoms with Gasteiger partial charge in [0, 0.05) is 50.4 Å². The van der Waals surface area contributed by atoms with Gasteiger partial charge in [-0.3, -0.25) is 4.90 Å². The van der Waals surface area contributed by atoms with Gasteiger partial charge in [-0.1, -0.05) is 0 Å². The quantitative estimate of drug-likeness (QED) is 0.803. The molecule has 1 aromatic heterocycles. The van der Waals surface area contributed by atoms with E-state index in [0.717, 1.165) is 57.5 Å². The Morgan fingerprint density at radius 1 is 1.27 bits per heavy atom. The van der Waals surface area contributed by atoms with Crippen molar-refractivity contribution in [1.29, 1.82) is 0 Å². The van der Waals surface area contributed by atoms with Gasteiger partial charge < -0.3 is 14.4 Å². The number of anilines is 1. The molecule has 2 aliphatic heterocycles. The highest BCUT2D eigenvalue weighted by Gasteiger charge is 2.31. The molecule has 6 heteroatoms. The van der Waals surface area contributed by atoms with Crippen LogP contribution in [0.5, 0.6) is 0 Å². The number of hydrogen-bond donors (Lipinski definition) is 0. The maximum atomic E-state index is 5.92. The molecule has 0 spiro atoms. The highest BCUT2D eigenvalue weighted by Crippen LogP contribution is 2.25. The van der Waals surface area contributed by atoms with Crippen LogP contribution in [-0.4, -0.2) is 61.5 Å². The van der Waals surface area contributed by atoms with E-state index in [2.05, 4.69) is 28.6 Å². The fourth-order valence-corrected chi connectivity index (χ4v) is 4.31. The van der Waals surface area contributed by atoms with Gasteiger partial charge in [-0.25, -0.2) is 4.98 Å². The Bertz CT molecular complexity index is 458. The molecule has 0 radical (unpaired) electrons. The van der Waals surface area contributed by atoms with Crippen LogP contribution in [0.15, 0.2) is 6.20 Å². The lowest BCUT2D eigenvalue weighted by Crippen LogP contribution is -2.47. The van der Waals surface area contributed by atoms with Crippen LogP contribution in [0.1, 0.15) is 31.6 Å². The normalized spacial score (nSPS) is 26.5. The van der Waals surface area contributed by atoms with E-state index in [9.17, 15) is 0 Å². The van der Waals surface area contributed by atoms with Gasteiger partial charge in [-0.2, -0.15) is 0 Å². The maximum Gasteiger partial charge on any atom is 0.185 e. The van der Waals surface area contributed by atoms with E-state index in [1.54, 1.807) is 0 Å². The Hall–Kier alpha value is -0.690. The smallest absolute Gasteiger partial charge is 0.185 e. The fraction of sp³-hybridized carbons (Fsp3) is 0.812. The molecule has 5 nitrogen and oxygen atoms in total. The number of ether oxygens (including phenoxy) is 2. The van der Waals surface area contributed by atoms with E-state index >= 15 is 0 Å². The SMILES string of the molecule is CCN(CC)c1ncc(CN2CCO[C@H]([C@@H]3CCCO3)C2)s1. The zero-order valence-corrected chi connectivity index (χ0v) is 14.5. The average molecular weight is 325 g/mol. The molecule has 22 heavy (non-hydrogen) atoms. The summed E-state index contributed by atoms with van der Waals surface area (Å²) < 4.78 is 11.7. The lowest BCUT2D eigenvalue weighted by Gasteiger charge is -2.35. The van der Waals surface area contributed by atoms with Gasteiger partial charge in [0.15, 0.2) is 5.13 Å². The molecule has 3 heterocycles. The van der Waals surface area contributed by atoms with Crippen LogP contribution in [0.4, 0.5) is 5.13 Å². The maximum absolute atomic E-state index is 5.92. The van der Waals surface area contributed by atoms with Crippen LogP contribution in [0.25, 0.3) is 0 Å². The van der Waals surface area contributed by atoms with Crippen molar-refractivity contribution >= 4 is 16.5 Å². The van der Waals surface area contributed by atoms with Crippen LogP contribution in [0.3, 0.4) is 0 Å². The van der Waals surface area contributed by atoms with Crippen molar-refractivity contribution in [2.75, 3.05) is 44.3 Å². The summed E-state index contributed by atoms with van der Waals surface area (Å²) in [6.45, 7) is 11.1. The first-order valence-electron chi connectivity index (χ1n) is 8.45. The zero-order valence-electron chi connectivity index (χ0n) is 13.7. The highest BCUT2D eigenvalue weighted by atomic mass is 32.1.